The summed E-state index contributed by atoms with van der Waals surface area (Å²) in [4.78, 5) is 0. The summed E-state index contributed by atoms with van der Waals surface area (Å²) in [5.74, 6) is 1.11. The van der Waals surface area contributed by atoms with Crippen molar-refractivity contribution >= 4 is 11.3 Å². The van der Waals surface area contributed by atoms with Crippen LogP contribution in [0.1, 0.15) is 5.76 Å². The molecule has 0 bridgehead atoms. The largest absolute Gasteiger partial charge is 0.446 e. The van der Waals surface area contributed by atoms with E-state index < -0.39 is 0 Å². The Labute approximate surface area is 73.7 Å². The van der Waals surface area contributed by atoms with Crippen molar-refractivity contribution in [2.75, 3.05) is 0 Å². The molecule has 0 aliphatic rings. The molecule has 0 atom stereocenters. The monoisotopic (exact) mass is 175 g/mol. The highest BCUT2D eigenvalue weighted by molar-refractivity contribution is 7.08. The number of nitrogens with zero attached hydrogens (tertiary/aromatic N) is 1. The van der Waals surface area contributed by atoms with Gasteiger partial charge >= 0.3 is 0 Å². The third-order valence-corrected chi connectivity index (χ3v) is 2.21. The van der Waals surface area contributed by atoms with Gasteiger partial charge in [0.15, 0.2) is 0 Å². The third-order valence-electron chi connectivity index (χ3n) is 1.52. The second-order valence-corrected chi connectivity index (χ2v) is 3.07. The van der Waals surface area contributed by atoms with E-state index in [1.807, 2.05) is 22.9 Å². The highest BCUT2D eigenvalue weighted by Crippen LogP contribution is 2.23. The van der Waals surface area contributed by atoms with Gasteiger partial charge < -0.3 is 4.42 Å². The third kappa shape index (κ3) is 1.13. The van der Waals surface area contributed by atoms with Crippen molar-refractivity contribution in [2.24, 2.45) is 0 Å². The Kier molecular flexibility index (Phi) is 1.69. The first-order valence-electron chi connectivity index (χ1n) is 3.42. The van der Waals surface area contributed by atoms with Gasteiger partial charge in [-0.25, -0.2) is 0 Å². The Morgan fingerprint density at radius 3 is 2.83 bits per heavy atom. The van der Waals surface area contributed by atoms with Crippen molar-refractivity contribution in [3.8, 4) is 17.4 Å². The lowest BCUT2D eigenvalue weighted by molar-refractivity contribution is 0.567. The summed E-state index contributed by atoms with van der Waals surface area (Å²) in [5.41, 5.74) is 1.03. The van der Waals surface area contributed by atoms with E-state index in [2.05, 4.69) is 0 Å². The van der Waals surface area contributed by atoms with E-state index in [0.717, 1.165) is 11.3 Å². The second kappa shape index (κ2) is 2.84. The summed E-state index contributed by atoms with van der Waals surface area (Å²) in [6.07, 6.45) is 0. The van der Waals surface area contributed by atoms with Crippen molar-refractivity contribution in [3.63, 3.8) is 0 Å². The van der Waals surface area contributed by atoms with Crippen molar-refractivity contribution in [2.45, 2.75) is 0 Å². The maximum absolute atomic E-state index is 8.51. The van der Waals surface area contributed by atoms with Gasteiger partial charge in [-0.2, -0.15) is 16.6 Å². The van der Waals surface area contributed by atoms with Crippen LogP contribution in [-0.2, 0) is 0 Å². The zero-order chi connectivity index (χ0) is 8.39. The summed E-state index contributed by atoms with van der Waals surface area (Å²) in [6, 6.07) is 7.39. The minimum absolute atomic E-state index is 0.358. The molecule has 2 nitrogen and oxygen atoms in total. The molecular weight excluding hydrogens is 170 g/mol. The molecule has 0 radical (unpaired) electrons. The fourth-order valence-electron chi connectivity index (χ4n) is 0.958. The summed E-state index contributed by atoms with van der Waals surface area (Å²) < 4.78 is 5.22. The zero-order valence-electron chi connectivity index (χ0n) is 6.15. The van der Waals surface area contributed by atoms with Gasteiger partial charge in [0, 0.05) is 10.9 Å². The van der Waals surface area contributed by atoms with Crippen LogP contribution in [0.25, 0.3) is 11.3 Å². The van der Waals surface area contributed by atoms with Gasteiger partial charge in [-0.05, 0) is 23.6 Å². The van der Waals surface area contributed by atoms with Crippen molar-refractivity contribution in [1.82, 2.24) is 0 Å². The predicted octanol–water partition coefficient (Wildman–Crippen LogP) is 2.88. The number of nitriles is 1. The average molecular weight is 175 g/mol. The van der Waals surface area contributed by atoms with Crippen LogP contribution in [0, 0.1) is 11.3 Å². The second-order valence-electron chi connectivity index (χ2n) is 2.29. The van der Waals surface area contributed by atoms with E-state index in [-0.39, 0.29) is 0 Å². The molecule has 3 heteroatoms. The first-order valence-corrected chi connectivity index (χ1v) is 4.37. The van der Waals surface area contributed by atoms with E-state index in [0.29, 0.717) is 5.76 Å². The Hall–Kier alpha value is -1.53. The Morgan fingerprint density at radius 2 is 2.25 bits per heavy atom. The van der Waals surface area contributed by atoms with E-state index in [9.17, 15) is 0 Å². The van der Waals surface area contributed by atoms with Gasteiger partial charge in [0.05, 0.1) is 0 Å². The number of thiophene rings is 1. The van der Waals surface area contributed by atoms with Gasteiger partial charge in [-0.1, -0.05) is 0 Å². The van der Waals surface area contributed by atoms with Gasteiger partial charge in [-0.3, -0.25) is 0 Å². The fraction of sp³-hybridized carbons (Fsp3) is 0. The van der Waals surface area contributed by atoms with Crippen LogP contribution in [0.2, 0.25) is 0 Å². The Morgan fingerprint density at radius 1 is 1.33 bits per heavy atom. The molecule has 0 aliphatic heterocycles. The molecule has 0 spiro atoms. The van der Waals surface area contributed by atoms with E-state index in [1.165, 1.54) is 0 Å². The lowest BCUT2D eigenvalue weighted by atomic mass is 10.3. The van der Waals surface area contributed by atoms with Gasteiger partial charge in [0.2, 0.25) is 5.76 Å². The zero-order valence-corrected chi connectivity index (χ0v) is 6.97. The molecule has 0 aromatic carbocycles. The summed E-state index contributed by atoms with van der Waals surface area (Å²) >= 11 is 1.61. The van der Waals surface area contributed by atoms with Crippen LogP contribution in [0.5, 0.6) is 0 Å². The normalized spacial score (nSPS) is 9.58. The molecule has 0 N–H and O–H groups in total. The van der Waals surface area contributed by atoms with E-state index >= 15 is 0 Å². The molecule has 0 saturated heterocycles. The fourth-order valence-corrected chi connectivity index (χ4v) is 1.60. The Bertz CT molecular complexity index is 408. The SMILES string of the molecule is N#Cc1ccc(-c2ccsc2)o1. The number of rotatable bonds is 1. The molecule has 0 aliphatic carbocycles. The molecule has 0 unspecified atom stereocenters. The van der Waals surface area contributed by atoms with Gasteiger partial charge in [-0.15, -0.1) is 0 Å². The molecule has 2 rings (SSSR count). The maximum Gasteiger partial charge on any atom is 0.204 e. The molecule has 58 valence electrons. The van der Waals surface area contributed by atoms with E-state index in [1.54, 1.807) is 23.5 Å². The highest BCUT2D eigenvalue weighted by Gasteiger charge is 2.03. The predicted molar refractivity (Wildman–Crippen MR) is 46.7 cm³/mol. The molecular formula is C9H5NOS. The van der Waals surface area contributed by atoms with Crippen LogP contribution < -0.4 is 0 Å². The average Bonchev–Trinajstić information content (AvgIpc) is 2.75. The van der Waals surface area contributed by atoms with Crippen LogP contribution >= 0.6 is 11.3 Å². The summed E-state index contributed by atoms with van der Waals surface area (Å²) in [5, 5.41) is 12.5. The van der Waals surface area contributed by atoms with Crippen LogP contribution in [0.15, 0.2) is 33.4 Å². The van der Waals surface area contributed by atoms with Crippen LogP contribution in [0.4, 0.5) is 0 Å². The number of furan rings is 1. The highest BCUT2D eigenvalue weighted by atomic mass is 32.1. The number of hydrogen-bond acceptors (Lipinski definition) is 3. The summed E-state index contributed by atoms with van der Waals surface area (Å²) in [7, 11) is 0. The van der Waals surface area contributed by atoms with Crippen LogP contribution in [-0.4, -0.2) is 0 Å². The Balaban J connectivity index is 2.44. The minimum atomic E-state index is 0.358. The molecule has 2 heterocycles. The quantitative estimate of drug-likeness (QED) is 0.668. The molecule has 2 aromatic heterocycles. The summed E-state index contributed by atoms with van der Waals surface area (Å²) in [6.45, 7) is 0. The standard InChI is InChI=1S/C9H5NOS/c10-5-8-1-2-9(11-8)7-3-4-12-6-7/h1-4,6H. The minimum Gasteiger partial charge on any atom is -0.446 e. The first kappa shape index (κ1) is 7.14. The molecule has 2 aromatic rings. The van der Waals surface area contributed by atoms with Gasteiger partial charge in [0.1, 0.15) is 11.8 Å². The van der Waals surface area contributed by atoms with Crippen LogP contribution in [0.3, 0.4) is 0 Å². The van der Waals surface area contributed by atoms with E-state index in [4.69, 9.17) is 9.68 Å². The lowest BCUT2D eigenvalue weighted by Crippen LogP contribution is -1.63. The topological polar surface area (TPSA) is 36.9 Å². The van der Waals surface area contributed by atoms with Gasteiger partial charge in [0.25, 0.3) is 0 Å². The molecule has 0 saturated carbocycles. The van der Waals surface area contributed by atoms with Crippen molar-refractivity contribution < 1.29 is 4.42 Å². The first-order chi connectivity index (χ1) is 5.90. The van der Waals surface area contributed by atoms with Crippen molar-refractivity contribution in [3.05, 3.63) is 34.7 Å². The van der Waals surface area contributed by atoms with Crippen molar-refractivity contribution in [1.29, 1.82) is 5.26 Å². The number of hydrogen-bond donors (Lipinski definition) is 0. The maximum atomic E-state index is 8.51. The molecule has 12 heavy (non-hydrogen) atoms. The molecule has 0 fully saturated rings. The molecule has 0 amide bonds. The lowest BCUT2D eigenvalue weighted by Gasteiger charge is -1.86. The smallest absolute Gasteiger partial charge is 0.204 e.